The van der Waals surface area contributed by atoms with E-state index in [4.69, 9.17) is 0 Å². The average molecular weight is 276 g/mol. The van der Waals surface area contributed by atoms with Crippen LogP contribution >= 0.6 is 0 Å². The van der Waals surface area contributed by atoms with Gasteiger partial charge >= 0.3 is 0 Å². The van der Waals surface area contributed by atoms with Crippen molar-refractivity contribution in [2.75, 3.05) is 5.32 Å². The van der Waals surface area contributed by atoms with Crippen molar-refractivity contribution in [3.8, 4) is 0 Å². The predicted molar refractivity (Wildman–Crippen MR) is 82.2 cm³/mol. The number of aryl methyl sites for hydroxylation is 2. The molecule has 0 heterocycles. The average Bonchev–Trinajstić information content (AvgIpc) is 2.37. The third kappa shape index (κ3) is 3.11. The molecule has 1 N–H and O–H groups in total. The molecule has 0 spiro atoms. The fourth-order valence-electron chi connectivity index (χ4n) is 3.09. The minimum atomic E-state index is -0.308. The molecule has 0 bridgehead atoms. The highest BCUT2D eigenvalue weighted by atomic mass is 16.6. The number of nitro benzene ring substituents is 1. The number of benzene rings is 1. The minimum absolute atomic E-state index is 0.207. The number of hydrogen-bond acceptors (Lipinski definition) is 3. The van der Waals surface area contributed by atoms with Crippen molar-refractivity contribution in [1.82, 2.24) is 0 Å². The van der Waals surface area contributed by atoms with Gasteiger partial charge in [0.15, 0.2) is 0 Å². The number of anilines is 1. The van der Waals surface area contributed by atoms with Gasteiger partial charge in [-0.3, -0.25) is 10.1 Å². The maximum atomic E-state index is 11.0. The largest absolute Gasteiger partial charge is 0.382 e. The molecule has 1 saturated carbocycles. The Bertz CT molecular complexity index is 513. The van der Waals surface area contributed by atoms with Crippen LogP contribution in [0.3, 0.4) is 0 Å². The van der Waals surface area contributed by atoms with Gasteiger partial charge in [0, 0.05) is 23.4 Å². The molecule has 1 aliphatic rings. The molecule has 1 aromatic carbocycles. The lowest BCUT2D eigenvalue weighted by Gasteiger charge is -2.34. The highest BCUT2D eigenvalue weighted by Crippen LogP contribution is 2.33. The van der Waals surface area contributed by atoms with Crippen LogP contribution in [0.4, 0.5) is 11.4 Å². The van der Waals surface area contributed by atoms with Crippen molar-refractivity contribution >= 4 is 11.4 Å². The van der Waals surface area contributed by atoms with E-state index in [-0.39, 0.29) is 10.6 Å². The topological polar surface area (TPSA) is 55.2 Å². The number of hydrogen-bond donors (Lipinski definition) is 1. The van der Waals surface area contributed by atoms with Gasteiger partial charge in [-0.05, 0) is 50.2 Å². The van der Waals surface area contributed by atoms with Gasteiger partial charge in [0.2, 0.25) is 0 Å². The molecule has 1 aliphatic carbocycles. The van der Waals surface area contributed by atoms with Crippen LogP contribution in [0.2, 0.25) is 0 Å². The van der Waals surface area contributed by atoms with Crippen LogP contribution in [0.25, 0.3) is 0 Å². The second-order valence-corrected chi connectivity index (χ2v) is 6.36. The summed E-state index contributed by atoms with van der Waals surface area (Å²) in [6.07, 6.45) is 3.73. The van der Waals surface area contributed by atoms with Crippen LogP contribution in [0.5, 0.6) is 0 Å². The summed E-state index contributed by atoms with van der Waals surface area (Å²) >= 11 is 0. The molecule has 0 aliphatic heterocycles. The van der Waals surface area contributed by atoms with Crippen molar-refractivity contribution in [3.63, 3.8) is 0 Å². The van der Waals surface area contributed by atoms with E-state index < -0.39 is 0 Å². The van der Waals surface area contributed by atoms with Gasteiger partial charge in [-0.15, -0.1) is 0 Å². The van der Waals surface area contributed by atoms with E-state index in [2.05, 4.69) is 19.2 Å². The number of nitrogens with one attached hydrogen (secondary N) is 1. The zero-order chi connectivity index (χ0) is 14.9. The summed E-state index contributed by atoms with van der Waals surface area (Å²) in [7, 11) is 0. The Morgan fingerprint density at radius 1 is 1.20 bits per heavy atom. The Hall–Kier alpha value is -1.58. The zero-order valence-electron chi connectivity index (χ0n) is 12.8. The van der Waals surface area contributed by atoms with Crippen LogP contribution in [-0.2, 0) is 0 Å². The van der Waals surface area contributed by atoms with E-state index in [1.165, 1.54) is 19.3 Å². The molecule has 0 radical (unpaired) electrons. The smallest absolute Gasteiger partial charge is 0.272 e. The van der Waals surface area contributed by atoms with Crippen LogP contribution in [-0.4, -0.2) is 11.0 Å². The van der Waals surface area contributed by atoms with Crippen molar-refractivity contribution in [1.29, 1.82) is 0 Å². The Morgan fingerprint density at radius 3 is 2.55 bits per heavy atom. The summed E-state index contributed by atoms with van der Waals surface area (Å²) in [6.45, 7) is 8.33. The van der Waals surface area contributed by atoms with Crippen LogP contribution in [0.15, 0.2) is 12.1 Å². The van der Waals surface area contributed by atoms with Crippen molar-refractivity contribution in [2.45, 2.75) is 53.0 Å². The van der Waals surface area contributed by atoms with E-state index in [0.717, 1.165) is 22.7 Å². The normalized spacial score (nSPS) is 26.3. The van der Waals surface area contributed by atoms with Crippen LogP contribution in [0, 0.1) is 35.8 Å². The van der Waals surface area contributed by atoms with Gasteiger partial charge in [0.05, 0.1) is 4.92 Å². The lowest BCUT2D eigenvalue weighted by molar-refractivity contribution is -0.385. The maximum absolute atomic E-state index is 11.0. The third-order valence-corrected chi connectivity index (χ3v) is 4.54. The molecule has 1 aromatic rings. The highest BCUT2D eigenvalue weighted by Gasteiger charge is 2.26. The molecule has 0 saturated heterocycles. The quantitative estimate of drug-likeness (QED) is 0.655. The Labute approximate surface area is 120 Å². The number of nitrogens with zero attached hydrogens (tertiary/aromatic N) is 1. The molecule has 2 rings (SSSR count). The number of nitro groups is 1. The molecule has 3 unspecified atom stereocenters. The van der Waals surface area contributed by atoms with Gasteiger partial charge < -0.3 is 5.32 Å². The first kappa shape index (κ1) is 14.8. The molecule has 3 atom stereocenters. The van der Waals surface area contributed by atoms with E-state index in [0.29, 0.717) is 12.0 Å². The molecule has 1 fully saturated rings. The van der Waals surface area contributed by atoms with E-state index in [9.17, 15) is 10.1 Å². The lowest BCUT2D eigenvalue weighted by Crippen LogP contribution is -2.33. The molecule has 20 heavy (non-hydrogen) atoms. The van der Waals surface area contributed by atoms with Crippen molar-refractivity contribution < 1.29 is 4.92 Å². The predicted octanol–water partition coefficient (Wildman–Crippen LogP) is 4.45. The molecule has 0 amide bonds. The summed E-state index contributed by atoms with van der Waals surface area (Å²) in [4.78, 5) is 10.6. The summed E-state index contributed by atoms with van der Waals surface area (Å²) in [5, 5.41) is 14.6. The minimum Gasteiger partial charge on any atom is -0.382 e. The van der Waals surface area contributed by atoms with Crippen molar-refractivity contribution in [2.24, 2.45) is 11.8 Å². The fraction of sp³-hybridized carbons (Fsp3) is 0.625. The standard InChI is InChI=1S/C16H24N2O2/c1-10-5-6-11(2)14(7-10)17-15-8-13(4)16(18(19)20)9-12(15)3/h8-11,14,17H,5-7H2,1-4H3. The second kappa shape index (κ2) is 5.81. The first-order valence-corrected chi connectivity index (χ1v) is 7.40. The molecule has 4 nitrogen and oxygen atoms in total. The Morgan fingerprint density at radius 2 is 1.90 bits per heavy atom. The summed E-state index contributed by atoms with van der Waals surface area (Å²) in [6, 6.07) is 4.06. The maximum Gasteiger partial charge on any atom is 0.272 e. The molecular weight excluding hydrogens is 252 g/mol. The zero-order valence-corrected chi connectivity index (χ0v) is 12.8. The summed E-state index contributed by atoms with van der Waals surface area (Å²) in [5.41, 5.74) is 2.92. The summed E-state index contributed by atoms with van der Waals surface area (Å²) in [5.74, 6) is 1.41. The van der Waals surface area contributed by atoms with E-state index in [1.54, 1.807) is 13.0 Å². The lowest BCUT2D eigenvalue weighted by atomic mass is 9.80. The Balaban J connectivity index is 2.21. The molecule has 4 heteroatoms. The second-order valence-electron chi connectivity index (χ2n) is 6.36. The van der Waals surface area contributed by atoms with E-state index >= 15 is 0 Å². The van der Waals surface area contributed by atoms with Crippen molar-refractivity contribution in [3.05, 3.63) is 33.4 Å². The van der Waals surface area contributed by atoms with Gasteiger partial charge in [-0.1, -0.05) is 20.3 Å². The highest BCUT2D eigenvalue weighted by molar-refractivity contribution is 5.59. The summed E-state index contributed by atoms with van der Waals surface area (Å²) < 4.78 is 0. The van der Waals surface area contributed by atoms with Gasteiger partial charge in [0.25, 0.3) is 5.69 Å². The van der Waals surface area contributed by atoms with Gasteiger partial charge in [-0.25, -0.2) is 0 Å². The van der Waals surface area contributed by atoms with Gasteiger partial charge in [-0.2, -0.15) is 0 Å². The first-order chi connectivity index (χ1) is 9.38. The third-order valence-electron chi connectivity index (χ3n) is 4.54. The fourth-order valence-corrected chi connectivity index (χ4v) is 3.09. The number of rotatable bonds is 3. The van der Waals surface area contributed by atoms with Gasteiger partial charge in [0.1, 0.15) is 0 Å². The first-order valence-electron chi connectivity index (χ1n) is 7.40. The SMILES string of the molecule is Cc1cc([N+](=O)[O-])c(C)cc1NC1CC(C)CCC1C. The molecule has 0 aromatic heterocycles. The van der Waals surface area contributed by atoms with E-state index in [1.807, 2.05) is 13.0 Å². The molecule has 110 valence electrons. The monoisotopic (exact) mass is 276 g/mol. The Kier molecular flexibility index (Phi) is 4.31. The molecular formula is C16H24N2O2. The van der Waals surface area contributed by atoms with Crippen LogP contribution in [0.1, 0.15) is 44.2 Å². The van der Waals surface area contributed by atoms with Crippen LogP contribution < -0.4 is 5.32 Å².